The monoisotopic (exact) mass is 248 g/mol. The Bertz CT molecular complexity index is 425. The third-order valence-electron chi connectivity index (χ3n) is 3.49. The van der Waals surface area contributed by atoms with Crippen molar-refractivity contribution in [2.75, 3.05) is 24.5 Å². The molecule has 0 aliphatic carbocycles. The molecule has 0 aromatic heterocycles. The molecule has 0 saturated carbocycles. The summed E-state index contributed by atoms with van der Waals surface area (Å²) in [6, 6.07) is 6.60. The zero-order valence-corrected chi connectivity index (χ0v) is 10.9. The number of carboxylic acid groups (broad SMARTS) is 1. The van der Waals surface area contributed by atoms with Gasteiger partial charge in [0, 0.05) is 24.8 Å². The lowest BCUT2D eigenvalue weighted by Crippen LogP contribution is -2.36. The number of carboxylic acids is 1. The SMILES string of the molecule is Cc1cccc(C)c1N1CCC(NCC(=O)O)C1. The van der Waals surface area contributed by atoms with Crippen molar-refractivity contribution in [2.24, 2.45) is 0 Å². The summed E-state index contributed by atoms with van der Waals surface area (Å²) in [7, 11) is 0. The van der Waals surface area contributed by atoms with Crippen LogP contribution in [-0.4, -0.2) is 36.8 Å². The van der Waals surface area contributed by atoms with Crippen LogP contribution in [0.1, 0.15) is 17.5 Å². The largest absolute Gasteiger partial charge is 0.480 e. The molecule has 2 N–H and O–H groups in total. The topological polar surface area (TPSA) is 52.6 Å². The van der Waals surface area contributed by atoms with Crippen molar-refractivity contribution < 1.29 is 9.90 Å². The van der Waals surface area contributed by atoms with E-state index >= 15 is 0 Å². The molecule has 1 saturated heterocycles. The highest BCUT2D eigenvalue weighted by Crippen LogP contribution is 2.27. The summed E-state index contributed by atoms with van der Waals surface area (Å²) in [6.07, 6.45) is 1.00. The van der Waals surface area contributed by atoms with Crippen LogP contribution in [0, 0.1) is 13.8 Å². The highest BCUT2D eigenvalue weighted by molar-refractivity contribution is 5.69. The molecule has 1 atom stereocenters. The lowest BCUT2D eigenvalue weighted by Gasteiger charge is -2.23. The maximum Gasteiger partial charge on any atom is 0.317 e. The summed E-state index contributed by atoms with van der Waals surface area (Å²) in [4.78, 5) is 12.9. The van der Waals surface area contributed by atoms with E-state index in [0.29, 0.717) is 0 Å². The van der Waals surface area contributed by atoms with E-state index < -0.39 is 5.97 Å². The van der Waals surface area contributed by atoms with Crippen molar-refractivity contribution in [3.05, 3.63) is 29.3 Å². The van der Waals surface area contributed by atoms with Gasteiger partial charge in [0.25, 0.3) is 0 Å². The van der Waals surface area contributed by atoms with Gasteiger partial charge in [-0.25, -0.2) is 0 Å². The van der Waals surface area contributed by atoms with Crippen LogP contribution < -0.4 is 10.2 Å². The van der Waals surface area contributed by atoms with Crippen LogP contribution in [0.3, 0.4) is 0 Å². The van der Waals surface area contributed by atoms with Crippen molar-refractivity contribution in [3.63, 3.8) is 0 Å². The molecule has 1 aromatic rings. The van der Waals surface area contributed by atoms with Crippen LogP contribution in [-0.2, 0) is 4.79 Å². The van der Waals surface area contributed by atoms with Gasteiger partial charge >= 0.3 is 5.97 Å². The number of carbonyl (C=O) groups is 1. The fourth-order valence-corrected chi connectivity index (χ4v) is 2.67. The molecule has 1 aromatic carbocycles. The number of rotatable bonds is 4. The first-order valence-electron chi connectivity index (χ1n) is 6.34. The van der Waals surface area contributed by atoms with Gasteiger partial charge in [-0.15, -0.1) is 0 Å². The molecular weight excluding hydrogens is 228 g/mol. The van der Waals surface area contributed by atoms with E-state index in [4.69, 9.17) is 5.11 Å². The van der Waals surface area contributed by atoms with Gasteiger partial charge in [-0.05, 0) is 31.4 Å². The van der Waals surface area contributed by atoms with E-state index in [0.717, 1.165) is 19.5 Å². The van der Waals surface area contributed by atoms with Crippen LogP contribution >= 0.6 is 0 Å². The first-order chi connectivity index (χ1) is 8.58. The average Bonchev–Trinajstić information content (AvgIpc) is 2.75. The number of para-hydroxylation sites is 1. The molecule has 18 heavy (non-hydrogen) atoms. The normalized spacial score (nSPS) is 19.2. The Kier molecular flexibility index (Phi) is 3.87. The molecule has 1 fully saturated rings. The van der Waals surface area contributed by atoms with Crippen molar-refractivity contribution in [1.29, 1.82) is 0 Å². The first-order valence-corrected chi connectivity index (χ1v) is 6.34. The van der Waals surface area contributed by atoms with Crippen molar-refractivity contribution in [3.8, 4) is 0 Å². The number of aliphatic carboxylic acids is 1. The number of anilines is 1. The Morgan fingerprint density at radius 2 is 2.11 bits per heavy atom. The number of nitrogens with one attached hydrogen (secondary N) is 1. The van der Waals surface area contributed by atoms with Crippen molar-refractivity contribution in [2.45, 2.75) is 26.3 Å². The van der Waals surface area contributed by atoms with E-state index in [9.17, 15) is 4.79 Å². The highest BCUT2D eigenvalue weighted by atomic mass is 16.4. The van der Waals surface area contributed by atoms with Gasteiger partial charge in [0.1, 0.15) is 0 Å². The van der Waals surface area contributed by atoms with E-state index in [1.807, 2.05) is 0 Å². The van der Waals surface area contributed by atoms with Gasteiger partial charge in [-0.1, -0.05) is 18.2 Å². The van der Waals surface area contributed by atoms with Gasteiger partial charge in [0.2, 0.25) is 0 Å². The van der Waals surface area contributed by atoms with E-state index in [1.165, 1.54) is 16.8 Å². The van der Waals surface area contributed by atoms with Gasteiger partial charge < -0.3 is 15.3 Å². The molecule has 4 heteroatoms. The van der Waals surface area contributed by atoms with E-state index in [2.05, 4.69) is 42.3 Å². The Morgan fingerprint density at radius 3 is 2.72 bits per heavy atom. The number of hydrogen-bond donors (Lipinski definition) is 2. The second-order valence-corrected chi connectivity index (χ2v) is 4.95. The fraction of sp³-hybridized carbons (Fsp3) is 0.500. The number of nitrogens with zero attached hydrogens (tertiary/aromatic N) is 1. The molecule has 1 unspecified atom stereocenters. The Hall–Kier alpha value is -1.55. The minimum atomic E-state index is -0.791. The smallest absolute Gasteiger partial charge is 0.317 e. The molecule has 1 aliphatic heterocycles. The Labute approximate surface area is 108 Å². The third kappa shape index (κ3) is 2.82. The van der Waals surface area contributed by atoms with Gasteiger partial charge in [-0.3, -0.25) is 4.79 Å². The number of benzene rings is 1. The van der Waals surface area contributed by atoms with Crippen LogP contribution in [0.5, 0.6) is 0 Å². The highest BCUT2D eigenvalue weighted by Gasteiger charge is 2.24. The Balaban J connectivity index is 2.02. The minimum Gasteiger partial charge on any atom is -0.480 e. The molecule has 0 bridgehead atoms. The van der Waals surface area contributed by atoms with Crippen molar-refractivity contribution >= 4 is 11.7 Å². The molecular formula is C14H20N2O2. The molecule has 1 heterocycles. The second-order valence-electron chi connectivity index (χ2n) is 4.95. The van der Waals surface area contributed by atoms with Crippen LogP contribution in [0.4, 0.5) is 5.69 Å². The molecule has 0 radical (unpaired) electrons. The fourth-order valence-electron chi connectivity index (χ4n) is 2.67. The summed E-state index contributed by atoms with van der Waals surface area (Å²) < 4.78 is 0. The maximum atomic E-state index is 10.5. The van der Waals surface area contributed by atoms with E-state index in [1.54, 1.807) is 0 Å². The van der Waals surface area contributed by atoms with E-state index in [-0.39, 0.29) is 12.6 Å². The standard InChI is InChI=1S/C14H20N2O2/c1-10-4-3-5-11(2)14(10)16-7-6-12(9-16)15-8-13(17)18/h3-5,12,15H,6-9H2,1-2H3,(H,17,18). The molecule has 0 spiro atoms. The molecule has 2 rings (SSSR count). The van der Waals surface area contributed by atoms with Crippen LogP contribution in [0.2, 0.25) is 0 Å². The number of hydrogen-bond acceptors (Lipinski definition) is 3. The molecule has 4 nitrogen and oxygen atoms in total. The van der Waals surface area contributed by atoms with Crippen molar-refractivity contribution in [1.82, 2.24) is 5.32 Å². The zero-order valence-electron chi connectivity index (χ0n) is 10.9. The second kappa shape index (κ2) is 5.40. The summed E-state index contributed by atoms with van der Waals surface area (Å²) in [6.45, 7) is 6.17. The summed E-state index contributed by atoms with van der Waals surface area (Å²) in [5.74, 6) is -0.791. The minimum absolute atomic E-state index is 0.0469. The summed E-state index contributed by atoms with van der Waals surface area (Å²) >= 11 is 0. The molecule has 98 valence electrons. The maximum absolute atomic E-state index is 10.5. The summed E-state index contributed by atoms with van der Waals surface area (Å²) in [5, 5.41) is 11.7. The van der Waals surface area contributed by atoms with Crippen LogP contribution in [0.25, 0.3) is 0 Å². The first kappa shape index (κ1) is 12.9. The molecule has 0 amide bonds. The lowest BCUT2D eigenvalue weighted by molar-refractivity contribution is -0.136. The predicted octanol–water partition coefficient (Wildman–Crippen LogP) is 1.56. The summed E-state index contributed by atoms with van der Waals surface area (Å²) in [5.41, 5.74) is 3.87. The number of aryl methyl sites for hydroxylation is 2. The zero-order chi connectivity index (χ0) is 13.1. The van der Waals surface area contributed by atoms with Crippen LogP contribution in [0.15, 0.2) is 18.2 Å². The van der Waals surface area contributed by atoms with Gasteiger partial charge in [-0.2, -0.15) is 0 Å². The van der Waals surface area contributed by atoms with Gasteiger partial charge in [0.15, 0.2) is 0 Å². The molecule has 1 aliphatic rings. The predicted molar refractivity (Wildman–Crippen MR) is 72.2 cm³/mol. The third-order valence-corrected chi connectivity index (χ3v) is 3.49. The Morgan fingerprint density at radius 1 is 1.44 bits per heavy atom. The lowest BCUT2D eigenvalue weighted by atomic mass is 10.1. The van der Waals surface area contributed by atoms with Gasteiger partial charge in [0.05, 0.1) is 6.54 Å². The average molecular weight is 248 g/mol. The quantitative estimate of drug-likeness (QED) is 0.849.